The van der Waals surface area contributed by atoms with Gasteiger partial charge in [-0.15, -0.1) is 0 Å². The van der Waals surface area contributed by atoms with Crippen LogP contribution in [0.3, 0.4) is 0 Å². The molecule has 0 radical (unpaired) electrons. The van der Waals surface area contributed by atoms with Crippen LogP contribution in [0, 0.1) is 10.1 Å². The third-order valence-corrected chi connectivity index (χ3v) is 5.36. The lowest BCUT2D eigenvalue weighted by molar-refractivity contribution is -0.384. The van der Waals surface area contributed by atoms with Crippen LogP contribution >= 0.6 is 11.6 Å². The Hall–Kier alpha value is -4.17. The van der Waals surface area contributed by atoms with Crippen molar-refractivity contribution in [2.24, 2.45) is 0 Å². The first-order chi connectivity index (χ1) is 15.9. The van der Waals surface area contributed by atoms with E-state index < -0.39 is 10.8 Å². The maximum atomic E-state index is 12.5. The summed E-state index contributed by atoms with van der Waals surface area (Å²) < 4.78 is 5.53. The number of nitrogens with one attached hydrogen (secondary N) is 1. The number of ether oxygens (including phenoxy) is 1. The van der Waals surface area contributed by atoms with Crippen molar-refractivity contribution in [1.29, 1.82) is 0 Å². The number of carbonyl (C=O) groups excluding carboxylic acids is 2. The molecule has 0 atom stereocenters. The van der Waals surface area contributed by atoms with Crippen molar-refractivity contribution in [1.82, 2.24) is 0 Å². The quantitative estimate of drug-likeness (QED) is 0.320. The number of benzene rings is 3. The molecule has 9 heteroatoms. The minimum absolute atomic E-state index is 0.0243. The van der Waals surface area contributed by atoms with Crippen molar-refractivity contribution in [2.75, 3.05) is 16.8 Å². The number of carbonyl (C=O) groups is 2. The van der Waals surface area contributed by atoms with Crippen LogP contribution in [-0.2, 0) is 16.1 Å². The normalized spacial score (nSPS) is 12.9. The molecule has 0 unspecified atom stereocenters. The fourth-order valence-electron chi connectivity index (χ4n) is 3.31. The van der Waals surface area contributed by atoms with Gasteiger partial charge in [0.05, 0.1) is 17.2 Å². The molecule has 166 valence electrons. The molecular weight excluding hydrogens is 446 g/mol. The summed E-state index contributed by atoms with van der Waals surface area (Å²) in [6.07, 6.45) is 2.87. The number of nitrogens with zero attached hydrogens (tertiary/aromatic N) is 2. The highest BCUT2D eigenvalue weighted by molar-refractivity contribution is 6.31. The maximum absolute atomic E-state index is 12.5. The van der Waals surface area contributed by atoms with Gasteiger partial charge in [-0.05, 0) is 53.6 Å². The summed E-state index contributed by atoms with van der Waals surface area (Å²) >= 11 is 6.26. The molecule has 33 heavy (non-hydrogen) atoms. The molecule has 0 aromatic heterocycles. The number of amides is 2. The van der Waals surface area contributed by atoms with E-state index in [1.165, 1.54) is 18.2 Å². The van der Waals surface area contributed by atoms with Crippen molar-refractivity contribution in [2.45, 2.75) is 6.54 Å². The number of halogens is 1. The first-order valence-corrected chi connectivity index (χ1v) is 10.3. The Kier molecular flexibility index (Phi) is 6.37. The Morgan fingerprint density at radius 1 is 1.15 bits per heavy atom. The number of nitro benzene ring substituents is 1. The molecule has 1 heterocycles. The van der Waals surface area contributed by atoms with Gasteiger partial charge in [0.1, 0.15) is 5.75 Å². The summed E-state index contributed by atoms with van der Waals surface area (Å²) in [4.78, 5) is 36.7. The number of anilines is 2. The zero-order valence-electron chi connectivity index (χ0n) is 17.2. The predicted octanol–water partition coefficient (Wildman–Crippen LogP) is 4.83. The van der Waals surface area contributed by atoms with Crippen LogP contribution in [0.1, 0.15) is 11.1 Å². The Labute approximate surface area is 194 Å². The van der Waals surface area contributed by atoms with Crippen LogP contribution in [0.2, 0.25) is 5.02 Å². The molecule has 8 nitrogen and oxygen atoms in total. The highest BCUT2D eigenvalue weighted by Gasteiger charge is 2.26. The molecule has 3 aromatic rings. The standard InChI is InChI=1S/C24H18ClN3O5/c25-20-4-2-1-3-17(20)14-27-21-13-18(8-11-22(21)33-15-24(27)30)26-23(29)12-7-16-5-9-19(10-6-16)28(31)32/h1-13H,14-15H2,(H,26,29)/b12-7+. The number of hydrogen-bond donors (Lipinski definition) is 1. The molecule has 0 saturated carbocycles. The van der Waals surface area contributed by atoms with Gasteiger partial charge >= 0.3 is 0 Å². The van der Waals surface area contributed by atoms with E-state index in [9.17, 15) is 19.7 Å². The average Bonchev–Trinajstić information content (AvgIpc) is 2.81. The van der Waals surface area contributed by atoms with Gasteiger partial charge in [0.15, 0.2) is 6.61 Å². The molecule has 0 bridgehead atoms. The van der Waals surface area contributed by atoms with E-state index in [1.54, 1.807) is 47.4 Å². The number of fused-ring (bicyclic) bond motifs is 1. The smallest absolute Gasteiger partial charge is 0.269 e. The fraction of sp³-hybridized carbons (Fsp3) is 0.0833. The molecular formula is C24H18ClN3O5. The van der Waals surface area contributed by atoms with Crippen molar-refractivity contribution >= 4 is 46.6 Å². The van der Waals surface area contributed by atoms with E-state index in [4.69, 9.17) is 16.3 Å². The summed E-state index contributed by atoms with van der Waals surface area (Å²) in [6.45, 7) is 0.188. The Morgan fingerprint density at radius 3 is 2.64 bits per heavy atom. The number of hydrogen-bond acceptors (Lipinski definition) is 5. The van der Waals surface area contributed by atoms with Gasteiger partial charge in [0, 0.05) is 28.9 Å². The van der Waals surface area contributed by atoms with Crippen LogP contribution in [0.25, 0.3) is 6.08 Å². The van der Waals surface area contributed by atoms with Crippen molar-refractivity contribution in [3.63, 3.8) is 0 Å². The zero-order chi connectivity index (χ0) is 23.4. The van der Waals surface area contributed by atoms with E-state index in [2.05, 4.69) is 5.32 Å². The van der Waals surface area contributed by atoms with Crippen molar-refractivity contribution in [3.8, 4) is 5.75 Å². The van der Waals surface area contributed by atoms with Gasteiger partial charge in [0.2, 0.25) is 5.91 Å². The second-order valence-electron chi connectivity index (χ2n) is 7.21. The molecule has 0 spiro atoms. The number of nitro groups is 1. The van der Waals surface area contributed by atoms with Gasteiger partial charge in [-0.3, -0.25) is 19.7 Å². The van der Waals surface area contributed by atoms with Crippen molar-refractivity contribution < 1.29 is 19.2 Å². The van der Waals surface area contributed by atoms with E-state index >= 15 is 0 Å². The lowest BCUT2D eigenvalue weighted by Crippen LogP contribution is -2.38. The Morgan fingerprint density at radius 2 is 1.91 bits per heavy atom. The summed E-state index contributed by atoms with van der Waals surface area (Å²) in [7, 11) is 0. The maximum Gasteiger partial charge on any atom is 0.269 e. The number of rotatable bonds is 6. The second-order valence-corrected chi connectivity index (χ2v) is 7.62. The monoisotopic (exact) mass is 463 g/mol. The largest absolute Gasteiger partial charge is 0.482 e. The van der Waals surface area contributed by atoms with Gasteiger partial charge in [-0.1, -0.05) is 29.8 Å². The molecule has 0 aliphatic carbocycles. The SMILES string of the molecule is O=C(/C=C/c1ccc([N+](=O)[O-])cc1)Nc1ccc2c(c1)N(Cc1ccccc1Cl)C(=O)CO2. The summed E-state index contributed by atoms with van der Waals surface area (Å²) in [5.41, 5.74) is 2.42. The average molecular weight is 464 g/mol. The molecule has 1 aliphatic heterocycles. The number of non-ortho nitro benzene ring substituents is 1. The van der Waals surface area contributed by atoms with Gasteiger partial charge in [-0.2, -0.15) is 0 Å². The molecule has 0 saturated heterocycles. The lowest BCUT2D eigenvalue weighted by Gasteiger charge is -2.30. The van der Waals surface area contributed by atoms with E-state index in [-0.39, 0.29) is 24.7 Å². The fourth-order valence-corrected chi connectivity index (χ4v) is 3.51. The highest BCUT2D eigenvalue weighted by Crippen LogP contribution is 2.36. The van der Waals surface area contributed by atoms with Crippen LogP contribution in [-0.4, -0.2) is 23.3 Å². The van der Waals surface area contributed by atoms with Gasteiger partial charge in [-0.25, -0.2) is 0 Å². The van der Waals surface area contributed by atoms with Crippen LogP contribution in [0.4, 0.5) is 17.1 Å². The summed E-state index contributed by atoms with van der Waals surface area (Å²) in [5, 5.41) is 14.0. The van der Waals surface area contributed by atoms with Gasteiger partial charge < -0.3 is 15.0 Å². The molecule has 0 fully saturated rings. The van der Waals surface area contributed by atoms with Crippen LogP contribution in [0.15, 0.2) is 72.8 Å². The summed E-state index contributed by atoms with van der Waals surface area (Å²) in [5.74, 6) is -0.0842. The Balaban J connectivity index is 1.50. The van der Waals surface area contributed by atoms with Crippen molar-refractivity contribution in [3.05, 3.63) is 99.1 Å². The molecule has 2 amide bonds. The van der Waals surface area contributed by atoms with E-state index in [0.29, 0.717) is 27.7 Å². The lowest BCUT2D eigenvalue weighted by atomic mass is 10.1. The second kappa shape index (κ2) is 9.54. The first-order valence-electron chi connectivity index (χ1n) is 9.95. The predicted molar refractivity (Wildman–Crippen MR) is 125 cm³/mol. The minimum atomic E-state index is -0.486. The minimum Gasteiger partial charge on any atom is -0.482 e. The Bertz CT molecular complexity index is 1260. The third kappa shape index (κ3) is 5.19. The molecule has 1 N–H and O–H groups in total. The van der Waals surface area contributed by atoms with E-state index in [1.807, 2.05) is 18.2 Å². The summed E-state index contributed by atoms with van der Waals surface area (Å²) in [6, 6.07) is 18.2. The van der Waals surface area contributed by atoms with E-state index in [0.717, 1.165) is 5.56 Å². The van der Waals surface area contributed by atoms with Crippen LogP contribution in [0.5, 0.6) is 5.75 Å². The third-order valence-electron chi connectivity index (χ3n) is 4.99. The first kappa shape index (κ1) is 22.0. The zero-order valence-corrected chi connectivity index (χ0v) is 18.0. The van der Waals surface area contributed by atoms with Crippen LogP contribution < -0.4 is 15.0 Å². The topological polar surface area (TPSA) is 102 Å². The van der Waals surface area contributed by atoms with Gasteiger partial charge in [0.25, 0.3) is 11.6 Å². The molecule has 3 aromatic carbocycles. The molecule has 4 rings (SSSR count). The highest BCUT2D eigenvalue weighted by atomic mass is 35.5. The molecule has 1 aliphatic rings.